The van der Waals surface area contributed by atoms with Crippen LogP contribution >= 0.6 is 0 Å². The zero-order valence-corrected chi connectivity index (χ0v) is 16.0. The fraction of sp³-hybridized carbons (Fsp3) is 0.600. The largest absolute Gasteiger partial charge is 0.356 e. The SMILES string of the molecule is CC(C)N1CCN(CCN2CCC(c3noc4cc(F)ccc34)CC2)C1=O. The summed E-state index contributed by atoms with van der Waals surface area (Å²) in [5, 5.41) is 5.13. The van der Waals surface area contributed by atoms with Crippen LogP contribution in [0.5, 0.6) is 0 Å². The molecule has 27 heavy (non-hydrogen) atoms. The molecule has 2 aromatic rings. The normalized spacial score (nSPS) is 19.8. The lowest BCUT2D eigenvalue weighted by Crippen LogP contribution is -2.41. The summed E-state index contributed by atoms with van der Waals surface area (Å²) in [7, 11) is 0. The number of urea groups is 1. The number of nitrogens with zero attached hydrogens (tertiary/aromatic N) is 4. The van der Waals surface area contributed by atoms with E-state index in [9.17, 15) is 9.18 Å². The summed E-state index contributed by atoms with van der Waals surface area (Å²) in [5.74, 6) is 0.0466. The van der Waals surface area contributed by atoms with E-state index in [1.54, 1.807) is 6.07 Å². The summed E-state index contributed by atoms with van der Waals surface area (Å²) in [4.78, 5) is 18.7. The lowest BCUT2D eigenvalue weighted by Gasteiger charge is -2.32. The lowest BCUT2D eigenvalue weighted by atomic mass is 9.91. The minimum atomic E-state index is -0.299. The van der Waals surface area contributed by atoms with Crippen molar-refractivity contribution in [1.82, 2.24) is 19.9 Å². The van der Waals surface area contributed by atoms with E-state index in [1.165, 1.54) is 12.1 Å². The average Bonchev–Trinajstić information content (AvgIpc) is 3.23. The first-order valence-corrected chi connectivity index (χ1v) is 9.85. The Morgan fingerprint density at radius 2 is 1.96 bits per heavy atom. The van der Waals surface area contributed by atoms with Gasteiger partial charge in [0, 0.05) is 49.6 Å². The Kier molecular flexibility index (Phi) is 5.04. The predicted octanol–water partition coefficient (Wildman–Crippen LogP) is 3.29. The Morgan fingerprint density at radius 3 is 2.67 bits per heavy atom. The molecule has 2 fully saturated rings. The maximum absolute atomic E-state index is 13.3. The van der Waals surface area contributed by atoms with Gasteiger partial charge in [-0.2, -0.15) is 0 Å². The van der Waals surface area contributed by atoms with Crippen molar-refractivity contribution in [2.24, 2.45) is 0 Å². The fourth-order valence-electron chi connectivity index (χ4n) is 4.21. The number of halogens is 1. The molecule has 7 heteroatoms. The van der Waals surface area contributed by atoms with E-state index >= 15 is 0 Å². The van der Waals surface area contributed by atoms with Crippen LogP contribution in [0.3, 0.4) is 0 Å². The van der Waals surface area contributed by atoms with Crippen molar-refractivity contribution in [1.29, 1.82) is 0 Å². The molecular weight excluding hydrogens is 347 g/mol. The van der Waals surface area contributed by atoms with E-state index in [2.05, 4.69) is 23.9 Å². The summed E-state index contributed by atoms with van der Waals surface area (Å²) in [5.41, 5.74) is 1.47. The number of rotatable bonds is 5. The van der Waals surface area contributed by atoms with Gasteiger partial charge < -0.3 is 19.2 Å². The third-order valence-corrected chi connectivity index (χ3v) is 5.87. The molecule has 2 aliphatic rings. The standard InChI is InChI=1S/C20H27FN4O2/c1-14(2)25-12-11-24(20(25)26)10-9-23-7-5-15(6-8-23)19-17-4-3-16(21)13-18(17)27-22-19/h3-4,13-15H,5-12H2,1-2H3. The van der Waals surface area contributed by atoms with Gasteiger partial charge in [0.05, 0.1) is 5.69 Å². The minimum absolute atomic E-state index is 0.168. The number of piperidine rings is 1. The number of hydrogen-bond acceptors (Lipinski definition) is 4. The Balaban J connectivity index is 1.30. The smallest absolute Gasteiger partial charge is 0.320 e. The van der Waals surface area contributed by atoms with Crippen LogP contribution in [-0.4, -0.2) is 71.2 Å². The summed E-state index contributed by atoms with van der Waals surface area (Å²) in [6, 6.07) is 5.06. The Hall–Kier alpha value is -2.15. The van der Waals surface area contributed by atoms with E-state index in [1.807, 2.05) is 9.80 Å². The molecular formula is C20H27FN4O2. The van der Waals surface area contributed by atoms with Crippen LogP contribution in [0, 0.1) is 5.82 Å². The number of carbonyl (C=O) groups is 1. The van der Waals surface area contributed by atoms with Crippen molar-refractivity contribution in [3.8, 4) is 0 Å². The molecule has 0 radical (unpaired) electrons. The third kappa shape index (κ3) is 3.65. The maximum atomic E-state index is 13.3. The number of benzene rings is 1. The first-order chi connectivity index (χ1) is 13.0. The Morgan fingerprint density at radius 1 is 1.19 bits per heavy atom. The molecule has 146 valence electrons. The molecule has 3 heterocycles. The Bertz CT molecular complexity index is 813. The third-order valence-electron chi connectivity index (χ3n) is 5.87. The summed E-state index contributed by atoms with van der Waals surface area (Å²) in [6.45, 7) is 9.45. The van der Waals surface area contributed by atoms with E-state index in [4.69, 9.17) is 4.52 Å². The molecule has 0 unspecified atom stereocenters. The van der Waals surface area contributed by atoms with Crippen molar-refractivity contribution in [2.75, 3.05) is 39.3 Å². The second-order valence-corrected chi connectivity index (χ2v) is 7.88. The second-order valence-electron chi connectivity index (χ2n) is 7.88. The average molecular weight is 374 g/mol. The van der Waals surface area contributed by atoms with Crippen molar-refractivity contribution in [3.05, 3.63) is 29.7 Å². The summed E-state index contributed by atoms with van der Waals surface area (Å²) < 4.78 is 18.6. The van der Waals surface area contributed by atoms with Crippen molar-refractivity contribution < 1.29 is 13.7 Å². The summed E-state index contributed by atoms with van der Waals surface area (Å²) >= 11 is 0. The van der Waals surface area contributed by atoms with Crippen LogP contribution in [0.1, 0.15) is 38.3 Å². The molecule has 4 rings (SSSR count). The molecule has 6 nitrogen and oxygen atoms in total. The van der Waals surface area contributed by atoms with Gasteiger partial charge in [0.15, 0.2) is 5.58 Å². The number of aromatic nitrogens is 1. The number of amides is 2. The molecule has 0 aliphatic carbocycles. The minimum Gasteiger partial charge on any atom is -0.356 e. The first-order valence-electron chi connectivity index (χ1n) is 9.85. The van der Waals surface area contributed by atoms with Gasteiger partial charge in [-0.05, 0) is 51.9 Å². The van der Waals surface area contributed by atoms with Crippen molar-refractivity contribution >= 4 is 17.0 Å². The lowest BCUT2D eigenvalue weighted by molar-refractivity contribution is 0.165. The van der Waals surface area contributed by atoms with Crippen LogP contribution in [-0.2, 0) is 0 Å². The number of likely N-dealkylation sites (tertiary alicyclic amines) is 1. The molecule has 0 saturated carbocycles. The van der Waals surface area contributed by atoms with Gasteiger partial charge in [0.2, 0.25) is 0 Å². The van der Waals surface area contributed by atoms with Gasteiger partial charge in [-0.1, -0.05) is 5.16 Å². The summed E-state index contributed by atoms with van der Waals surface area (Å²) in [6.07, 6.45) is 2.01. The molecule has 1 aromatic carbocycles. The van der Waals surface area contributed by atoms with Crippen LogP contribution in [0.4, 0.5) is 9.18 Å². The first kappa shape index (κ1) is 18.2. The maximum Gasteiger partial charge on any atom is 0.320 e. The molecule has 2 amide bonds. The highest BCUT2D eigenvalue weighted by molar-refractivity contribution is 5.80. The van der Waals surface area contributed by atoms with Crippen molar-refractivity contribution in [2.45, 2.75) is 38.6 Å². The predicted molar refractivity (Wildman–Crippen MR) is 101 cm³/mol. The molecule has 0 bridgehead atoms. The van der Waals surface area contributed by atoms with Gasteiger partial charge in [0.25, 0.3) is 0 Å². The van der Waals surface area contributed by atoms with Crippen molar-refractivity contribution in [3.63, 3.8) is 0 Å². The molecule has 2 aliphatic heterocycles. The van der Waals surface area contributed by atoms with Crippen LogP contribution in [0.2, 0.25) is 0 Å². The van der Waals surface area contributed by atoms with E-state index < -0.39 is 0 Å². The highest BCUT2D eigenvalue weighted by Gasteiger charge is 2.31. The number of fused-ring (bicyclic) bond motifs is 1. The molecule has 0 spiro atoms. The Labute approximate surface area is 158 Å². The molecule has 0 N–H and O–H groups in total. The highest BCUT2D eigenvalue weighted by Crippen LogP contribution is 2.32. The zero-order valence-electron chi connectivity index (χ0n) is 16.0. The number of hydrogen-bond donors (Lipinski definition) is 0. The molecule has 2 saturated heterocycles. The topological polar surface area (TPSA) is 52.8 Å². The monoisotopic (exact) mass is 374 g/mol. The van der Waals surface area contributed by atoms with Crippen LogP contribution in [0.15, 0.2) is 22.7 Å². The quantitative estimate of drug-likeness (QED) is 0.806. The van der Waals surface area contributed by atoms with Crippen LogP contribution < -0.4 is 0 Å². The highest BCUT2D eigenvalue weighted by atomic mass is 19.1. The fourth-order valence-corrected chi connectivity index (χ4v) is 4.21. The van der Waals surface area contributed by atoms with Gasteiger partial charge in [0.1, 0.15) is 5.82 Å². The second kappa shape index (κ2) is 7.46. The zero-order chi connectivity index (χ0) is 19.0. The molecule has 1 aromatic heterocycles. The van der Waals surface area contributed by atoms with E-state index in [0.717, 1.165) is 63.2 Å². The van der Waals surface area contributed by atoms with E-state index in [-0.39, 0.29) is 17.9 Å². The van der Waals surface area contributed by atoms with Gasteiger partial charge in [-0.25, -0.2) is 9.18 Å². The van der Waals surface area contributed by atoms with Gasteiger partial charge in [-0.15, -0.1) is 0 Å². The van der Waals surface area contributed by atoms with Gasteiger partial charge in [-0.3, -0.25) is 0 Å². The molecule has 0 atom stereocenters. The van der Waals surface area contributed by atoms with Crippen LogP contribution in [0.25, 0.3) is 11.0 Å². The number of carbonyl (C=O) groups excluding carboxylic acids is 1. The van der Waals surface area contributed by atoms with E-state index in [0.29, 0.717) is 11.5 Å². The van der Waals surface area contributed by atoms with Gasteiger partial charge >= 0.3 is 6.03 Å².